The summed E-state index contributed by atoms with van der Waals surface area (Å²) in [5.74, 6) is -0.203. The molecule has 2 heterocycles. The smallest absolute Gasteiger partial charge is 0.213 e. The molecule has 3 fully saturated rings. The van der Waals surface area contributed by atoms with Gasteiger partial charge in [0.1, 0.15) is 0 Å². The number of hydrogen-bond donors (Lipinski definition) is 0. The Balaban J connectivity index is 1.74. The highest BCUT2D eigenvalue weighted by molar-refractivity contribution is 5.90. The molecular formula is C19H30FNO4. The highest BCUT2D eigenvalue weighted by atomic mass is 19.1. The second kappa shape index (κ2) is 10.2. The van der Waals surface area contributed by atoms with Gasteiger partial charge in [-0.2, -0.15) is 0 Å². The number of halogens is 1. The highest BCUT2D eigenvalue weighted by Gasteiger charge is 2.46. The van der Waals surface area contributed by atoms with Crippen molar-refractivity contribution >= 4 is 5.78 Å². The van der Waals surface area contributed by atoms with Crippen molar-refractivity contribution in [2.75, 3.05) is 6.67 Å². The van der Waals surface area contributed by atoms with Crippen LogP contribution >= 0.6 is 0 Å². The fraction of sp³-hybridized carbons (Fsp3) is 0.842. The zero-order chi connectivity index (χ0) is 18.2. The van der Waals surface area contributed by atoms with Crippen LogP contribution in [-0.4, -0.2) is 29.5 Å². The molecule has 0 spiro atoms. The lowest BCUT2D eigenvalue weighted by Crippen LogP contribution is -2.46. The molecule has 2 aliphatic heterocycles. The maximum atomic E-state index is 13.0. The van der Waals surface area contributed by atoms with Gasteiger partial charge in [-0.15, -0.1) is 0 Å². The third-order valence-electron chi connectivity index (χ3n) is 5.57. The molecular weight excluding hydrogens is 325 g/mol. The number of rotatable bonds is 12. The van der Waals surface area contributed by atoms with Gasteiger partial charge < -0.3 is 4.74 Å². The monoisotopic (exact) mass is 355 g/mol. The van der Waals surface area contributed by atoms with E-state index < -0.39 is 12.7 Å². The Hall–Kier alpha value is -1.04. The molecule has 0 aromatic rings. The van der Waals surface area contributed by atoms with Crippen molar-refractivity contribution in [1.29, 1.82) is 0 Å². The van der Waals surface area contributed by atoms with E-state index in [1.54, 1.807) is 0 Å². The van der Waals surface area contributed by atoms with Crippen molar-refractivity contribution in [3.8, 4) is 0 Å². The lowest BCUT2D eigenvalue weighted by Gasteiger charge is -2.45. The molecule has 3 aliphatic rings. The number of nitro groups is 1. The van der Waals surface area contributed by atoms with Crippen LogP contribution in [0.4, 0.5) is 4.39 Å². The number of Topliss-reactive ketones (excluding diaryl/α,β-unsaturated/α-hetero) is 1. The predicted molar refractivity (Wildman–Crippen MR) is 93.0 cm³/mol. The van der Waals surface area contributed by atoms with E-state index in [1.165, 1.54) is 0 Å². The minimum Gasteiger partial charge on any atom is -0.360 e. The lowest BCUT2D eigenvalue weighted by molar-refractivity contribution is -0.524. The third kappa shape index (κ3) is 5.73. The quantitative estimate of drug-likeness (QED) is 0.294. The van der Waals surface area contributed by atoms with Crippen molar-refractivity contribution in [1.82, 2.24) is 0 Å². The van der Waals surface area contributed by atoms with Gasteiger partial charge in [-0.1, -0.05) is 32.6 Å². The van der Waals surface area contributed by atoms with Crippen LogP contribution in [-0.2, 0) is 9.53 Å². The summed E-state index contributed by atoms with van der Waals surface area (Å²) in [5.41, 5.74) is 0. The minimum absolute atomic E-state index is 0.00922. The van der Waals surface area contributed by atoms with Crippen molar-refractivity contribution in [3.63, 3.8) is 0 Å². The van der Waals surface area contributed by atoms with E-state index in [9.17, 15) is 19.3 Å². The molecule has 2 radical (unpaired) electrons. The lowest BCUT2D eigenvalue weighted by atomic mass is 9.73. The van der Waals surface area contributed by atoms with Crippen LogP contribution in [0, 0.1) is 35.0 Å². The molecule has 0 N–H and O–H groups in total. The van der Waals surface area contributed by atoms with Crippen LogP contribution < -0.4 is 0 Å². The topological polar surface area (TPSA) is 69.4 Å². The van der Waals surface area contributed by atoms with Gasteiger partial charge in [-0.05, 0) is 31.6 Å². The summed E-state index contributed by atoms with van der Waals surface area (Å²) < 4.78 is 18.7. The molecule has 0 amide bonds. The van der Waals surface area contributed by atoms with Gasteiger partial charge in [0.2, 0.25) is 6.04 Å². The van der Waals surface area contributed by atoms with Crippen molar-refractivity contribution in [3.05, 3.63) is 23.1 Å². The maximum absolute atomic E-state index is 13.0. The van der Waals surface area contributed by atoms with E-state index in [0.29, 0.717) is 18.9 Å². The highest BCUT2D eigenvalue weighted by Crippen LogP contribution is 2.45. The number of carbonyl (C=O) groups is 1. The summed E-state index contributed by atoms with van der Waals surface area (Å²) in [6.07, 6.45) is 8.35. The molecule has 2 bridgehead atoms. The van der Waals surface area contributed by atoms with Gasteiger partial charge in [-0.3, -0.25) is 19.3 Å². The molecule has 6 heteroatoms. The first-order valence-electron chi connectivity index (χ1n) is 9.62. The molecule has 3 rings (SSSR count). The minimum atomic E-state index is -0.663. The normalized spacial score (nSPS) is 27.4. The fourth-order valence-corrected chi connectivity index (χ4v) is 4.03. The van der Waals surface area contributed by atoms with Gasteiger partial charge in [0.05, 0.1) is 12.8 Å². The average molecular weight is 355 g/mol. The number of alkyl halides is 1. The molecule has 1 aliphatic carbocycles. The van der Waals surface area contributed by atoms with E-state index in [4.69, 9.17) is 4.74 Å². The van der Waals surface area contributed by atoms with Gasteiger partial charge in [0, 0.05) is 30.1 Å². The first kappa shape index (κ1) is 20.3. The maximum Gasteiger partial charge on any atom is 0.213 e. The number of hydrogen-bond acceptors (Lipinski definition) is 4. The Bertz CT molecular complexity index is 445. The summed E-state index contributed by atoms with van der Waals surface area (Å²) in [4.78, 5) is 23.4. The molecule has 5 nitrogen and oxygen atoms in total. The fourth-order valence-electron chi connectivity index (χ4n) is 4.03. The Morgan fingerprint density at radius 2 is 2.04 bits per heavy atom. The number of fused-ring (bicyclic) bond motifs is 3. The van der Waals surface area contributed by atoms with Crippen LogP contribution in [0.5, 0.6) is 0 Å². The van der Waals surface area contributed by atoms with E-state index in [2.05, 4.69) is 6.92 Å². The number of ketones is 1. The Morgan fingerprint density at radius 1 is 1.28 bits per heavy atom. The zero-order valence-electron chi connectivity index (χ0n) is 15.0. The SMILES string of the molecule is [CH2]CCCCCCC(CCC(=O)[C]1OC2CCC1CC2CF)[N+](=O)[O-]. The Kier molecular flexibility index (Phi) is 8.27. The molecule has 25 heavy (non-hydrogen) atoms. The van der Waals surface area contributed by atoms with Crippen molar-refractivity contribution < 1.29 is 18.8 Å². The average Bonchev–Trinajstić information content (AvgIpc) is 2.63. The van der Waals surface area contributed by atoms with E-state index in [0.717, 1.165) is 44.9 Å². The molecule has 2 saturated heterocycles. The van der Waals surface area contributed by atoms with Crippen LogP contribution in [0.1, 0.15) is 70.6 Å². The van der Waals surface area contributed by atoms with Crippen LogP contribution in [0.2, 0.25) is 0 Å². The number of ether oxygens (including phenoxy) is 1. The van der Waals surface area contributed by atoms with Crippen LogP contribution in [0.25, 0.3) is 0 Å². The summed E-state index contributed by atoms with van der Waals surface area (Å²) in [7, 11) is 0. The van der Waals surface area contributed by atoms with Crippen molar-refractivity contribution in [2.45, 2.75) is 82.8 Å². The molecule has 142 valence electrons. The first-order chi connectivity index (χ1) is 12.1. The van der Waals surface area contributed by atoms with E-state index in [-0.39, 0.29) is 41.5 Å². The Morgan fingerprint density at radius 3 is 2.64 bits per heavy atom. The second-order valence-corrected chi connectivity index (χ2v) is 7.40. The standard InChI is InChI=1S/C19H30FNO4/c1-2-3-4-5-6-7-16(21(23)24)9-10-17(22)19-14-8-11-18(25-19)15(12-14)13-20/h14-16,18H,1-13H2. The van der Waals surface area contributed by atoms with E-state index >= 15 is 0 Å². The molecule has 4 unspecified atom stereocenters. The first-order valence-corrected chi connectivity index (χ1v) is 9.62. The number of carbonyl (C=O) groups excluding carboxylic acids is 1. The largest absolute Gasteiger partial charge is 0.360 e. The summed E-state index contributed by atoms with van der Waals surface area (Å²) in [6.45, 7) is 3.38. The summed E-state index contributed by atoms with van der Waals surface area (Å²) >= 11 is 0. The number of unbranched alkanes of at least 4 members (excludes halogenated alkanes) is 4. The van der Waals surface area contributed by atoms with Gasteiger partial charge >= 0.3 is 0 Å². The van der Waals surface area contributed by atoms with Crippen LogP contribution in [0.3, 0.4) is 0 Å². The van der Waals surface area contributed by atoms with Gasteiger partial charge in [0.25, 0.3) is 0 Å². The van der Waals surface area contributed by atoms with Gasteiger partial charge in [-0.25, -0.2) is 0 Å². The van der Waals surface area contributed by atoms with Crippen LogP contribution in [0.15, 0.2) is 0 Å². The Labute approximate surface area is 149 Å². The second-order valence-electron chi connectivity index (χ2n) is 7.40. The molecule has 1 saturated carbocycles. The van der Waals surface area contributed by atoms with E-state index in [1.807, 2.05) is 0 Å². The third-order valence-corrected chi connectivity index (χ3v) is 5.57. The molecule has 4 atom stereocenters. The predicted octanol–water partition coefficient (Wildman–Crippen LogP) is 4.47. The summed E-state index contributed by atoms with van der Waals surface area (Å²) in [5, 5.41) is 11.2. The van der Waals surface area contributed by atoms with Gasteiger partial charge in [0.15, 0.2) is 11.9 Å². The number of nitrogens with zero attached hydrogens (tertiary/aromatic N) is 1. The molecule has 0 aromatic heterocycles. The zero-order valence-corrected chi connectivity index (χ0v) is 15.0. The molecule has 0 aromatic carbocycles. The van der Waals surface area contributed by atoms with Crippen molar-refractivity contribution in [2.24, 2.45) is 11.8 Å². The summed E-state index contributed by atoms with van der Waals surface area (Å²) in [6, 6.07) is -0.663.